The molecule has 5 heteroatoms. The van der Waals surface area contributed by atoms with E-state index in [1.807, 2.05) is 0 Å². The fourth-order valence-electron chi connectivity index (χ4n) is 4.62. The van der Waals surface area contributed by atoms with Gasteiger partial charge in [0, 0.05) is 29.9 Å². The molecule has 184 valence electrons. The summed E-state index contributed by atoms with van der Waals surface area (Å²) < 4.78 is 1.16. The van der Waals surface area contributed by atoms with Crippen LogP contribution in [0.15, 0.2) is 51.7 Å². The number of nitrogens with two attached hydrogens (primary N) is 1. The van der Waals surface area contributed by atoms with Crippen LogP contribution in [-0.2, 0) is 11.3 Å². The van der Waals surface area contributed by atoms with Gasteiger partial charge in [0.2, 0.25) is 0 Å². The maximum Gasteiger partial charge on any atom is 0.136 e. The van der Waals surface area contributed by atoms with Crippen LogP contribution in [-0.4, -0.2) is 48.3 Å². The Labute approximate surface area is 210 Å². The first-order valence-corrected chi connectivity index (χ1v) is 13.5. The molecule has 1 heterocycles. The average Bonchev–Trinajstić information content (AvgIpc) is 2.83. The summed E-state index contributed by atoms with van der Waals surface area (Å²) in [5.41, 5.74) is 11.2. The molecule has 4 nitrogen and oxygen atoms in total. The van der Waals surface area contributed by atoms with E-state index in [2.05, 4.69) is 77.7 Å². The van der Waals surface area contributed by atoms with Gasteiger partial charge < -0.3 is 5.73 Å². The lowest BCUT2D eigenvalue weighted by molar-refractivity contribution is -0.124. The minimum atomic E-state index is 0.225. The monoisotopic (exact) mass is 517 g/mol. The van der Waals surface area contributed by atoms with E-state index < -0.39 is 0 Å². The van der Waals surface area contributed by atoms with Gasteiger partial charge in [0.1, 0.15) is 5.78 Å². The Kier molecular flexibility index (Phi) is 12.4. The molecule has 1 aromatic carbocycles. The number of ketones is 1. The maximum absolute atomic E-state index is 12.9. The van der Waals surface area contributed by atoms with Crippen LogP contribution < -0.4 is 5.73 Å². The molecule has 1 saturated heterocycles. The zero-order chi connectivity index (χ0) is 24.2. The lowest BCUT2D eigenvalue weighted by Crippen LogP contribution is -2.38. The quantitative estimate of drug-likeness (QED) is 0.311. The van der Waals surface area contributed by atoms with Crippen molar-refractivity contribution in [2.45, 2.75) is 72.8 Å². The molecule has 2 N–H and O–H groups in total. The van der Waals surface area contributed by atoms with E-state index in [-0.39, 0.29) is 5.92 Å². The number of hydrogen-bond acceptors (Lipinski definition) is 4. The Morgan fingerprint density at radius 3 is 2.48 bits per heavy atom. The van der Waals surface area contributed by atoms with Crippen LogP contribution in [0.3, 0.4) is 0 Å². The van der Waals surface area contributed by atoms with Gasteiger partial charge in [-0.25, -0.2) is 0 Å². The third-order valence-corrected chi connectivity index (χ3v) is 7.85. The third kappa shape index (κ3) is 9.03. The highest BCUT2D eigenvalue weighted by Crippen LogP contribution is 2.24. The Morgan fingerprint density at radius 1 is 1.18 bits per heavy atom. The number of likely N-dealkylation sites (tertiary alicyclic amines) is 1. The molecule has 0 radical (unpaired) electrons. The van der Waals surface area contributed by atoms with Crippen molar-refractivity contribution < 1.29 is 4.79 Å². The number of benzene rings is 1. The fraction of sp³-hybridized carbons (Fsp3) is 0.607. The number of nitrogens with zero attached hydrogens (tertiary/aromatic N) is 2. The van der Waals surface area contributed by atoms with Gasteiger partial charge in [-0.05, 0) is 101 Å². The number of allylic oxidation sites excluding steroid dienone is 1. The Morgan fingerprint density at radius 2 is 1.88 bits per heavy atom. The van der Waals surface area contributed by atoms with Crippen LogP contribution in [0.1, 0.15) is 71.8 Å². The molecule has 0 amide bonds. The molecule has 33 heavy (non-hydrogen) atoms. The Hall–Kier alpha value is -1.43. The van der Waals surface area contributed by atoms with Crippen molar-refractivity contribution in [3.8, 4) is 0 Å². The van der Waals surface area contributed by atoms with Crippen LogP contribution in [0.4, 0.5) is 0 Å². The summed E-state index contributed by atoms with van der Waals surface area (Å²) in [6, 6.07) is 8.43. The summed E-state index contributed by atoms with van der Waals surface area (Å²) >= 11 is 3.66. The molecule has 1 aromatic rings. The second-order valence-electron chi connectivity index (χ2n) is 9.44. The summed E-state index contributed by atoms with van der Waals surface area (Å²) in [5.74, 6) is 0.683. The number of hydrogen-bond donors (Lipinski definition) is 1. The van der Waals surface area contributed by atoms with Crippen LogP contribution in [0.5, 0.6) is 0 Å². The lowest BCUT2D eigenvalue weighted by Gasteiger charge is -2.32. The molecule has 2 rings (SSSR count). The standard InChI is InChI=1S/C28H44BrN3O/c1-5-15-31(20-25-10-7-8-11-27(25)29)16-9-12-28(33)24-13-17-32(18-14-24)21-26(19-30)23(4)22(3)6-2/h7-8,10-11,19,24H,5-6,9,12-18,20-21,30H2,1-4H3/b23-22+,26-19-. The lowest BCUT2D eigenvalue weighted by atomic mass is 9.89. The summed E-state index contributed by atoms with van der Waals surface area (Å²) in [6.45, 7) is 14.6. The van der Waals surface area contributed by atoms with Crippen LogP contribution in [0, 0.1) is 5.92 Å². The molecule has 0 saturated carbocycles. The van der Waals surface area contributed by atoms with Crippen LogP contribution >= 0.6 is 15.9 Å². The van der Waals surface area contributed by atoms with E-state index in [0.717, 1.165) is 75.8 Å². The molecule has 0 aliphatic carbocycles. The van der Waals surface area contributed by atoms with Crippen molar-refractivity contribution >= 4 is 21.7 Å². The summed E-state index contributed by atoms with van der Waals surface area (Å²) in [7, 11) is 0. The molecular weight excluding hydrogens is 474 g/mol. The first-order chi connectivity index (χ1) is 15.9. The predicted octanol–water partition coefficient (Wildman–Crippen LogP) is 6.31. The molecule has 0 aromatic heterocycles. The number of halogens is 1. The van der Waals surface area contributed by atoms with Crippen molar-refractivity contribution in [2.24, 2.45) is 11.7 Å². The zero-order valence-corrected chi connectivity index (χ0v) is 22.8. The van der Waals surface area contributed by atoms with E-state index in [1.165, 1.54) is 22.3 Å². The molecule has 0 unspecified atom stereocenters. The first-order valence-electron chi connectivity index (χ1n) is 12.7. The molecule has 0 spiro atoms. The van der Waals surface area contributed by atoms with E-state index in [9.17, 15) is 4.79 Å². The van der Waals surface area contributed by atoms with Crippen molar-refractivity contribution in [3.63, 3.8) is 0 Å². The van der Waals surface area contributed by atoms with Crippen molar-refractivity contribution in [1.82, 2.24) is 9.80 Å². The van der Waals surface area contributed by atoms with Crippen molar-refractivity contribution in [2.75, 3.05) is 32.7 Å². The number of carbonyl (C=O) groups excluding carboxylic acids is 1. The normalized spacial score (nSPS) is 16.8. The van der Waals surface area contributed by atoms with Gasteiger partial charge in [-0.15, -0.1) is 0 Å². The highest BCUT2D eigenvalue weighted by Gasteiger charge is 2.25. The van der Waals surface area contributed by atoms with E-state index in [0.29, 0.717) is 12.2 Å². The second-order valence-corrected chi connectivity index (χ2v) is 10.3. The van der Waals surface area contributed by atoms with Gasteiger partial charge >= 0.3 is 0 Å². The topological polar surface area (TPSA) is 49.6 Å². The van der Waals surface area contributed by atoms with Gasteiger partial charge in [-0.2, -0.15) is 0 Å². The second kappa shape index (κ2) is 14.7. The van der Waals surface area contributed by atoms with E-state index in [1.54, 1.807) is 6.20 Å². The largest absolute Gasteiger partial charge is 0.404 e. The van der Waals surface area contributed by atoms with Crippen LogP contribution in [0.25, 0.3) is 0 Å². The molecule has 1 fully saturated rings. The van der Waals surface area contributed by atoms with Gasteiger partial charge in [-0.3, -0.25) is 14.6 Å². The van der Waals surface area contributed by atoms with Gasteiger partial charge in [-0.1, -0.05) is 53.5 Å². The minimum Gasteiger partial charge on any atom is -0.404 e. The summed E-state index contributed by atoms with van der Waals surface area (Å²) in [5, 5.41) is 0. The summed E-state index contributed by atoms with van der Waals surface area (Å²) in [4.78, 5) is 17.8. The van der Waals surface area contributed by atoms with Gasteiger partial charge in [0.15, 0.2) is 0 Å². The molecule has 0 bridgehead atoms. The zero-order valence-electron chi connectivity index (χ0n) is 21.2. The molecule has 1 aliphatic heterocycles. The minimum absolute atomic E-state index is 0.225. The van der Waals surface area contributed by atoms with Crippen molar-refractivity contribution in [1.29, 1.82) is 0 Å². The molecule has 1 aliphatic rings. The number of Topliss-reactive ketones (excluding diaryl/α,β-unsaturated/α-hetero) is 1. The summed E-state index contributed by atoms with van der Waals surface area (Å²) in [6.07, 6.45) is 7.54. The van der Waals surface area contributed by atoms with E-state index >= 15 is 0 Å². The number of carbonyl (C=O) groups is 1. The van der Waals surface area contributed by atoms with E-state index in [4.69, 9.17) is 5.73 Å². The Balaban J connectivity index is 1.77. The van der Waals surface area contributed by atoms with Gasteiger partial charge in [0.25, 0.3) is 0 Å². The molecule has 0 atom stereocenters. The smallest absolute Gasteiger partial charge is 0.136 e. The number of piperidine rings is 1. The highest BCUT2D eigenvalue weighted by molar-refractivity contribution is 9.10. The predicted molar refractivity (Wildman–Crippen MR) is 144 cm³/mol. The third-order valence-electron chi connectivity index (χ3n) is 7.08. The first kappa shape index (κ1) is 27.8. The highest BCUT2D eigenvalue weighted by atomic mass is 79.9. The SMILES string of the molecule is CCCN(CCCC(=O)C1CCN(CC(=C/N)/C(C)=C(\C)CC)CC1)Cc1ccccc1Br. The fourth-order valence-corrected chi connectivity index (χ4v) is 5.03. The average molecular weight is 519 g/mol. The number of rotatable bonds is 13. The maximum atomic E-state index is 12.9. The van der Waals surface area contributed by atoms with Crippen LogP contribution in [0.2, 0.25) is 0 Å². The molecular formula is C28H44BrN3O. The van der Waals surface area contributed by atoms with Gasteiger partial charge in [0.05, 0.1) is 0 Å². The Bertz CT molecular complexity index is 809. The van der Waals surface area contributed by atoms with Crippen molar-refractivity contribution in [3.05, 3.63) is 57.2 Å².